The molecule has 1 aliphatic rings. The Kier molecular flexibility index (Phi) is 6.53. The lowest BCUT2D eigenvalue weighted by molar-refractivity contribution is 0.0950. The summed E-state index contributed by atoms with van der Waals surface area (Å²) in [6.45, 7) is 6.28. The first-order chi connectivity index (χ1) is 13.5. The van der Waals surface area contributed by atoms with E-state index >= 15 is 0 Å². The second kappa shape index (κ2) is 9.26. The summed E-state index contributed by atoms with van der Waals surface area (Å²) in [5.74, 6) is 1.20. The third-order valence-electron chi connectivity index (χ3n) is 4.57. The molecule has 0 radical (unpaired) electrons. The molecule has 1 aliphatic heterocycles. The summed E-state index contributed by atoms with van der Waals surface area (Å²) in [5.41, 5.74) is 2.20. The summed E-state index contributed by atoms with van der Waals surface area (Å²) < 4.78 is 10.8. The highest BCUT2D eigenvalue weighted by Crippen LogP contribution is 2.20. The van der Waals surface area contributed by atoms with Crippen molar-refractivity contribution in [2.75, 3.05) is 24.7 Å². The average Bonchev–Trinajstić information content (AvgIpc) is 3.13. The molecule has 0 spiro atoms. The number of ether oxygens (including phenoxy) is 2. The highest BCUT2D eigenvalue weighted by molar-refractivity contribution is 5.95. The standard InChI is InChI=1S/C22H26N2O4/c1-16(2)11-13-27-20-6-4-3-5-18(20)15-23-21(25)17-7-9-19(10-8-17)24-12-14-28-22(24)26/h3-10,16H,11-15H2,1-2H3,(H,23,25). The van der Waals surface area contributed by atoms with Crippen LogP contribution < -0.4 is 15.0 Å². The maximum absolute atomic E-state index is 12.5. The van der Waals surface area contributed by atoms with Gasteiger partial charge in [0.2, 0.25) is 0 Å². The minimum absolute atomic E-state index is 0.174. The summed E-state index contributed by atoms with van der Waals surface area (Å²) in [6.07, 6.45) is 0.628. The first-order valence-corrected chi connectivity index (χ1v) is 9.58. The number of hydrogen-bond donors (Lipinski definition) is 1. The molecule has 0 aliphatic carbocycles. The van der Waals surface area contributed by atoms with Gasteiger partial charge in [0, 0.05) is 23.4 Å². The fraction of sp³-hybridized carbons (Fsp3) is 0.364. The highest BCUT2D eigenvalue weighted by Gasteiger charge is 2.23. The van der Waals surface area contributed by atoms with Gasteiger partial charge in [-0.2, -0.15) is 0 Å². The summed E-state index contributed by atoms with van der Waals surface area (Å²) in [5, 5.41) is 2.93. The zero-order chi connectivity index (χ0) is 19.9. The van der Waals surface area contributed by atoms with Crippen molar-refractivity contribution in [3.8, 4) is 5.75 Å². The first kappa shape index (κ1) is 19.7. The Balaban J connectivity index is 1.57. The van der Waals surface area contributed by atoms with Crippen molar-refractivity contribution in [2.45, 2.75) is 26.8 Å². The predicted molar refractivity (Wildman–Crippen MR) is 108 cm³/mol. The Morgan fingerprint density at radius 3 is 2.61 bits per heavy atom. The molecule has 0 saturated carbocycles. The van der Waals surface area contributed by atoms with Crippen molar-refractivity contribution in [3.05, 3.63) is 59.7 Å². The number of cyclic esters (lactones) is 1. The Labute approximate surface area is 165 Å². The molecular formula is C22H26N2O4. The zero-order valence-corrected chi connectivity index (χ0v) is 16.3. The van der Waals surface area contributed by atoms with E-state index in [2.05, 4.69) is 19.2 Å². The highest BCUT2D eigenvalue weighted by atomic mass is 16.6. The number of carbonyl (C=O) groups excluding carboxylic acids is 2. The molecule has 0 aromatic heterocycles. The third kappa shape index (κ3) is 5.03. The number of rotatable bonds is 8. The lowest BCUT2D eigenvalue weighted by Crippen LogP contribution is -2.25. The van der Waals surface area contributed by atoms with Gasteiger partial charge in [-0.15, -0.1) is 0 Å². The average molecular weight is 382 g/mol. The molecule has 1 fully saturated rings. The summed E-state index contributed by atoms with van der Waals surface area (Å²) in [6, 6.07) is 14.7. The van der Waals surface area contributed by atoms with Crippen molar-refractivity contribution in [1.82, 2.24) is 5.32 Å². The lowest BCUT2D eigenvalue weighted by Gasteiger charge is -2.14. The number of amides is 2. The molecule has 1 saturated heterocycles. The number of hydrogen-bond acceptors (Lipinski definition) is 4. The number of para-hydroxylation sites is 1. The Morgan fingerprint density at radius 1 is 1.18 bits per heavy atom. The van der Waals surface area contributed by atoms with E-state index in [9.17, 15) is 9.59 Å². The van der Waals surface area contributed by atoms with Gasteiger partial charge in [0.15, 0.2) is 0 Å². The van der Waals surface area contributed by atoms with E-state index < -0.39 is 0 Å². The van der Waals surface area contributed by atoms with Gasteiger partial charge >= 0.3 is 6.09 Å². The van der Waals surface area contributed by atoms with Gasteiger partial charge in [-0.05, 0) is 42.7 Å². The van der Waals surface area contributed by atoms with Gasteiger partial charge < -0.3 is 14.8 Å². The van der Waals surface area contributed by atoms with E-state index in [0.29, 0.717) is 37.8 Å². The Hall–Kier alpha value is -3.02. The van der Waals surface area contributed by atoms with E-state index in [0.717, 1.165) is 23.4 Å². The predicted octanol–water partition coefficient (Wildman–Crippen LogP) is 4.00. The monoisotopic (exact) mass is 382 g/mol. The molecule has 2 aromatic carbocycles. The van der Waals surface area contributed by atoms with E-state index in [1.165, 1.54) is 0 Å². The zero-order valence-electron chi connectivity index (χ0n) is 16.3. The molecule has 28 heavy (non-hydrogen) atoms. The van der Waals surface area contributed by atoms with Crippen LogP contribution in [0.2, 0.25) is 0 Å². The van der Waals surface area contributed by atoms with Crippen molar-refractivity contribution >= 4 is 17.7 Å². The summed E-state index contributed by atoms with van der Waals surface area (Å²) >= 11 is 0. The molecule has 1 N–H and O–H groups in total. The second-order valence-electron chi connectivity index (χ2n) is 7.13. The van der Waals surface area contributed by atoms with Gasteiger partial charge in [-0.1, -0.05) is 32.0 Å². The quantitative estimate of drug-likeness (QED) is 0.749. The molecule has 2 aromatic rings. The minimum Gasteiger partial charge on any atom is -0.493 e. The smallest absolute Gasteiger partial charge is 0.414 e. The maximum Gasteiger partial charge on any atom is 0.414 e. The maximum atomic E-state index is 12.5. The summed E-state index contributed by atoms with van der Waals surface area (Å²) in [4.78, 5) is 25.6. The van der Waals surface area contributed by atoms with Gasteiger partial charge in [0.05, 0.1) is 13.2 Å². The van der Waals surface area contributed by atoms with Crippen LogP contribution in [0.25, 0.3) is 0 Å². The molecular weight excluding hydrogens is 356 g/mol. The number of nitrogens with one attached hydrogen (secondary N) is 1. The minimum atomic E-state index is -0.355. The largest absolute Gasteiger partial charge is 0.493 e. The van der Waals surface area contributed by atoms with E-state index in [1.807, 2.05) is 24.3 Å². The van der Waals surface area contributed by atoms with E-state index in [-0.39, 0.29) is 12.0 Å². The van der Waals surface area contributed by atoms with Gasteiger partial charge in [0.1, 0.15) is 12.4 Å². The SMILES string of the molecule is CC(C)CCOc1ccccc1CNC(=O)c1ccc(N2CCOC2=O)cc1. The third-order valence-corrected chi connectivity index (χ3v) is 4.57. The Bertz CT molecular complexity index is 818. The van der Waals surface area contributed by atoms with Gasteiger partial charge in [-0.25, -0.2) is 4.79 Å². The Morgan fingerprint density at radius 2 is 1.93 bits per heavy atom. The number of anilines is 1. The molecule has 0 unspecified atom stereocenters. The fourth-order valence-electron chi connectivity index (χ4n) is 2.89. The topological polar surface area (TPSA) is 67.9 Å². The molecule has 6 heteroatoms. The molecule has 1 heterocycles. The van der Waals surface area contributed by atoms with Crippen LogP contribution in [0.1, 0.15) is 36.2 Å². The van der Waals surface area contributed by atoms with Gasteiger partial charge in [-0.3, -0.25) is 9.69 Å². The summed E-state index contributed by atoms with van der Waals surface area (Å²) in [7, 11) is 0. The van der Waals surface area contributed by atoms with Crippen LogP contribution in [0.3, 0.4) is 0 Å². The molecule has 6 nitrogen and oxygen atoms in total. The van der Waals surface area contributed by atoms with E-state index in [1.54, 1.807) is 29.2 Å². The van der Waals surface area contributed by atoms with Crippen molar-refractivity contribution in [1.29, 1.82) is 0 Å². The van der Waals surface area contributed by atoms with Crippen molar-refractivity contribution < 1.29 is 19.1 Å². The van der Waals surface area contributed by atoms with Crippen LogP contribution in [0, 0.1) is 5.92 Å². The van der Waals surface area contributed by atoms with Gasteiger partial charge in [0.25, 0.3) is 5.91 Å². The van der Waals surface area contributed by atoms with E-state index in [4.69, 9.17) is 9.47 Å². The van der Waals surface area contributed by atoms with Crippen LogP contribution in [0.4, 0.5) is 10.5 Å². The van der Waals surface area contributed by atoms with Crippen LogP contribution in [-0.2, 0) is 11.3 Å². The molecule has 2 amide bonds. The normalized spacial score (nSPS) is 13.5. The number of nitrogens with zero attached hydrogens (tertiary/aromatic N) is 1. The molecule has 0 atom stereocenters. The van der Waals surface area contributed by atoms with Crippen LogP contribution in [0.15, 0.2) is 48.5 Å². The number of carbonyl (C=O) groups is 2. The fourth-order valence-corrected chi connectivity index (χ4v) is 2.89. The molecule has 148 valence electrons. The van der Waals surface area contributed by atoms with Crippen LogP contribution in [-0.4, -0.2) is 31.8 Å². The second-order valence-corrected chi connectivity index (χ2v) is 7.13. The molecule has 0 bridgehead atoms. The number of benzene rings is 2. The van der Waals surface area contributed by atoms with Crippen molar-refractivity contribution in [2.24, 2.45) is 5.92 Å². The van der Waals surface area contributed by atoms with Crippen LogP contribution in [0.5, 0.6) is 5.75 Å². The first-order valence-electron chi connectivity index (χ1n) is 9.58. The van der Waals surface area contributed by atoms with Crippen LogP contribution >= 0.6 is 0 Å². The van der Waals surface area contributed by atoms with Crippen molar-refractivity contribution in [3.63, 3.8) is 0 Å². The lowest BCUT2D eigenvalue weighted by atomic mass is 10.1. The molecule has 3 rings (SSSR count).